The number of carbonyl (C=O) groups excluding carboxylic acids is 1. The average molecular weight is 412 g/mol. The van der Waals surface area contributed by atoms with E-state index in [2.05, 4.69) is 6.08 Å². The maximum Gasteiger partial charge on any atom is 0.174 e. The summed E-state index contributed by atoms with van der Waals surface area (Å²) in [7, 11) is 6.31. The fourth-order valence-corrected chi connectivity index (χ4v) is 3.58. The number of ether oxygens (including phenoxy) is 5. The quantitative estimate of drug-likeness (QED) is 0.601. The van der Waals surface area contributed by atoms with Gasteiger partial charge in [-0.3, -0.25) is 4.79 Å². The highest BCUT2D eigenvalue weighted by atomic mass is 16.5. The lowest BCUT2D eigenvalue weighted by atomic mass is 9.92. The Morgan fingerprint density at radius 1 is 0.967 bits per heavy atom. The minimum absolute atomic E-state index is 0.0333. The van der Waals surface area contributed by atoms with Gasteiger partial charge in [0, 0.05) is 11.6 Å². The molecule has 6 heteroatoms. The van der Waals surface area contributed by atoms with E-state index >= 15 is 0 Å². The Balaban J connectivity index is 2.12. The maximum atomic E-state index is 13.1. The zero-order chi connectivity index (χ0) is 21.8. The van der Waals surface area contributed by atoms with E-state index < -0.39 is 6.10 Å². The number of carbonyl (C=O) groups is 1. The summed E-state index contributed by atoms with van der Waals surface area (Å²) in [6.07, 6.45) is 2.42. The second kappa shape index (κ2) is 9.11. The monoisotopic (exact) mass is 412 g/mol. The van der Waals surface area contributed by atoms with Gasteiger partial charge in [0.25, 0.3) is 0 Å². The van der Waals surface area contributed by atoms with Crippen LogP contribution in [-0.4, -0.2) is 34.2 Å². The van der Waals surface area contributed by atoms with Crippen molar-refractivity contribution in [3.63, 3.8) is 0 Å². The molecule has 1 aliphatic heterocycles. The number of ketones is 1. The fourth-order valence-electron chi connectivity index (χ4n) is 3.58. The van der Waals surface area contributed by atoms with Crippen molar-refractivity contribution in [1.82, 2.24) is 0 Å². The molecule has 3 rings (SSSR count). The number of hydrogen-bond donors (Lipinski definition) is 0. The van der Waals surface area contributed by atoms with Crippen molar-refractivity contribution >= 4 is 5.78 Å². The van der Waals surface area contributed by atoms with E-state index in [1.807, 2.05) is 32.0 Å². The minimum atomic E-state index is -0.452. The smallest absolute Gasteiger partial charge is 0.174 e. The summed E-state index contributed by atoms with van der Waals surface area (Å²) in [5, 5.41) is 0. The molecule has 0 radical (unpaired) electrons. The maximum absolute atomic E-state index is 13.1. The van der Waals surface area contributed by atoms with Gasteiger partial charge in [-0.15, -0.1) is 0 Å². The van der Waals surface area contributed by atoms with Crippen molar-refractivity contribution < 1.29 is 28.5 Å². The van der Waals surface area contributed by atoms with Crippen LogP contribution in [0.15, 0.2) is 35.9 Å². The molecule has 30 heavy (non-hydrogen) atoms. The number of Topliss-reactive ketones (excluding diaryl/α,β-unsaturated/α-hetero) is 1. The van der Waals surface area contributed by atoms with Crippen molar-refractivity contribution in [2.24, 2.45) is 0 Å². The molecule has 0 saturated carbocycles. The van der Waals surface area contributed by atoms with Crippen LogP contribution in [0.2, 0.25) is 0 Å². The largest absolute Gasteiger partial charge is 0.496 e. The van der Waals surface area contributed by atoms with Crippen LogP contribution >= 0.6 is 0 Å². The molecule has 0 unspecified atom stereocenters. The second-order valence-electron chi connectivity index (χ2n) is 7.30. The molecule has 2 aromatic rings. The van der Waals surface area contributed by atoms with Gasteiger partial charge in [-0.05, 0) is 38.0 Å². The van der Waals surface area contributed by atoms with E-state index in [1.165, 1.54) is 5.57 Å². The van der Waals surface area contributed by atoms with Gasteiger partial charge in [0.1, 0.15) is 28.9 Å². The predicted molar refractivity (Wildman–Crippen MR) is 115 cm³/mol. The third-order valence-electron chi connectivity index (χ3n) is 5.15. The average Bonchev–Trinajstić information content (AvgIpc) is 2.76. The second-order valence-corrected chi connectivity index (χ2v) is 7.30. The summed E-state index contributed by atoms with van der Waals surface area (Å²) >= 11 is 0. The van der Waals surface area contributed by atoms with Gasteiger partial charge in [0.15, 0.2) is 17.3 Å². The Labute approximate surface area is 177 Å². The molecule has 0 amide bonds. The van der Waals surface area contributed by atoms with E-state index in [1.54, 1.807) is 34.5 Å². The molecule has 1 heterocycles. The van der Waals surface area contributed by atoms with Crippen molar-refractivity contribution in [3.8, 4) is 28.7 Å². The number of rotatable bonds is 7. The summed E-state index contributed by atoms with van der Waals surface area (Å²) < 4.78 is 28.2. The van der Waals surface area contributed by atoms with Gasteiger partial charge >= 0.3 is 0 Å². The van der Waals surface area contributed by atoms with Crippen LogP contribution in [0.4, 0.5) is 0 Å². The molecule has 0 saturated heterocycles. The van der Waals surface area contributed by atoms with E-state index in [-0.39, 0.29) is 12.2 Å². The molecule has 1 aliphatic rings. The number of methoxy groups -OCH3 is 4. The first-order valence-electron chi connectivity index (χ1n) is 9.76. The third-order valence-corrected chi connectivity index (χ3v) is 5.15. The standard InChI is InChI=1S/C24H28O6/c1-14(2)7-9-16-20(27-4)13-22(29-6)23-17(25)12-19(30-24(16)23)15-8-10-18(26-3)21(11-15)28-5/h7-8,10-11,13,19H,9,12H2,1-6H3/t19-/m1/s1. The molecule has 2 aromatic carbocycles. The Hall–Kier alpha value is -3.15. The molecule has 0 spiro atoms. The fraction of sp³-hybridized carbons (Fsp3) is 0.375. The minimum Gasteiger partial charge on any atom is -0.496 e. The lowest BCUT2D eigenvalue weighted by Gasteiger charge is -2.29. The first-order valence-corrected chi connectivity index (χ1v) is 9.76. The zero-order valence-electron chi connectivity index (χ0n) is 18.3. The summed E-state index contributed by atoms with van der Waals surface area (Å²) in [4.78, 5) is 13.1. The normalized spacial score (nSPS) is 15.0. The Bertz CT molecular complexity index is 972. The van der Waals surface area contributed by atoms with Crippen LogP contribution in [0.1, 0.15) is 47.9 Å². The number of fused-ring (bicyclic) bond motifs is 1. The highest BCUT2D eigenvalue weighted by Gasteiger charge is 2.34. The SMILES string of the molecule is COc1ccc([C@H]2CC(=O)c3c(OC)cc(OC)c(CC=C(C)C)c3O2)cc1OC. The van der Waals surface area contributed by atoms with Gasteiger partial charge in [0.05, 0.1) is 34.9 Å². The van der Waals surface area contributed by atoms with Crippen molar-refractivity contribution in [3.05, 3.63) is 52.6 Å². The molecule has 0 fully saturated rings. The van der Waals surface area contributed by atoms with E-state index in [9.17, 15) is 4.79 Å². The lowest BCUT2D eigenvalue weighted by molar-refractivity contribution is 0.0841. The van der Waals surface area contributed by atoms with E-state index in [0.29, 0.717) is 40.7 Å². The summed E-state index contributed by atoms with van der Waals surface area (Å²) in [5.41, 5.74) is 3.29. The molecule has 0 aromatic heterocycles. The first-order chi connectivity index (χ1) is 14.4. The Morgan fingerprint density at radius 3 is 2.23 bits per heavy atom. The van der Waals surface area contributed by atoms with Crippen LogP contribution in [0.5, 0.6) is 28.7 Å². The van der Waals surface area contributed by atoms with Gasteiger partial charge < -0.3 is 23.7 Å². The van der Waals surface area contributed by atoms with Crippen LogP contribution < -0.4 is 23.7 Å². The molecule has 1 atom stereocenters. The Kier molecular flexibility index (Phi) is 6.55. The molecule has 0 N–H and O–H groups in total. The van der Waals surface area contributed by atoms with Gasteiger partial charge in [-0.1, -0.05) is 17.7 Å². The van der Waals surface area contributed by atoms with Crippen molar-refractivity contribution in [2.75, 3.05) is 28.4 Å². The van der Waals surface area contributed by atoms with Gasteiger partial charge in [-0.25, -0.2) is 0 Å². The molecule has 160 valence electrons. The number of benzene rings is 2. The molecule has 0 aliphatic carbocycles. The van der Waals surface area contributed by atoms with Crippen LogP contribution in [0, 0.1) is 0 Å². The topological polar surface area (TPSA) is 63.2 Å². The molecule has 0 bridgehead atoms. The van der Waals surface area contributed by atoms with Crippen molar-refractivity contribution in [2.45, 2.75) is 32.8 Å². The van der Waals surface area contributed by atoms with Crippen molar-refractivity contribution in [1.29, 1.82) is 0 Å². The summed E-state index contributed by atoms with van der Waals surface area (Å²) in [6, 6.07) is 7.30. The highest BCUT2D eigenvalue weighted by molar-refractivity contribution is 6.03. The molecular weight excluding hydrogens is 384 g/mol. The first kappa shape index (κ1) is 21.6. The summed E-state index contributed by atoms with van der Waals surface area (Å²) in [5.74, 6) is 2.78. The van der Waals surface area contributed by atoms with E-state index in [0.717, 1.165) is 11.1 Å². The molecular formula is C24H28O6. The highest BCUT2D eigenvalue weighted by Crippen LogP contribution is 2.46. The lowest BCUT2D eigenvalue weighted by Crippen LogP contribution is -2.22. The Morgan fingerprint density at radius 2 is 1.63 bits per heavy atom. The molecule has 6 nitrogen and oxygen atoms in total. The van der Waals surface area contributed by atoms with Gasteiger partial charge in [0.2, 0.25) is 0 Å². The van der Waals surface area contributed by atoms with Crippen LogP contribution in [0.25, 0.3) is 0 Å². The van der Waals surface area contributed by atoms with Crippen LogP contribution in [-0.2, 0) is 6.42 Å². The zero-order valence-corrected chi connectivity index (χ0v) is 18.3. The third kappa shape index (κ3) is 4.08. The van der Waals surface area contributed by atoms with Crippen LogP contribution in [0.3, 0.4) is 0 Å². The number of allylic oxidation sites excluding steroid dienone is 2. The number of hydrogen-bond acceptors (Lipinski definition) is 6. The predicted octanol–water partition coefficient (Wildman–Crippen LogP) is 4.94. The van der Waals surface area contributed by atoms with E-state index in [4.69, 9.17) is 23.7 Å². The van der Waals surface area contributed by atoms with Gasteiger partial charge in [-0.2, -0.15) is 0 Å². The summed E-state index contributed by atoms with van der Waals surface area (Å²) in [6.45, 7) is 4.06.